The van der Waals surface area contributed by atoms with Crippen molar-refractivity contribution in [3.63, 3.8) is 0 Å². The molecule has 3 aromatic rings. The molecule has 0 spiro atoms. The highest BCUT2D eigenvalue weighted by molar-refractivity contribution is 5.93. The van der Waals surface area contributed by atoms with Gasteiger partial charge in [-0.1, -0.05) is 12.1 Å². The normalized spacial score (nSPS) is 10.5. The van der Waals surface area contributed by atoms with E-state index in [2.05, 4.69) is 10.4 Å². The van der Waals surface area contributed by atoms with Crippen LogP contribution in [-0.4, -0.2) is 21.7 Å². The van der Waals surface area contributed by atoms with Crippen molar-refractivity contribution in [2.24, 2.45) is 7.05 Å². The fourth-order valence-corrected chi connectivity index (χ4v) is 2.42. The quantitative estimate of drug-likeness (QED) is 0.584. The Bertz CT molecular complexity index is 1020. The lowest BCUT2D eigenvalue weighted by molar-refractivity contribution is -0.114. The van der Waals surface area contributed by atoms with Crippen molar-refractivity contribution in [1.29, 1.82) is 0 Å². The van der Waals surface area contributed by atoms with Crippen molar-refractivity contribution in [3.05, 3.63) is 64.4 Å². The Labute approximate surface area is 142 Å². The molecule has 1 aromatic heterocycles. The number of benzene rings is 2. The molecule has 1 heterocycles. The van der Waals surface area contributed by atoms with E-state index in [0.717, 1.165) is 0 Å². The Morgan fingerprint density at radius 3 is 2.44 bits per heavy atom. The number of para-hydroxylation sites is 1. The standard InChI is InChI=1S/C18H15N3O4/c1-11(22)19-12-7-9-13(10-8-12)25-18(24)16-17(23)14-5-3-4-6-15(14)21(2)20-16/h3-10H,1-2H3,(H,19,22). The third-order valence-corrected chi connectivity index (χ3v) is 3.54. The Kier molecular flexibility index (Phi) is 4.30. The number of carbonyl (C=O) groups is 2. The van der Waals surface area contributed by atoms with E-state index >= 15 is 0 Å². The number of nitrogens with zero attached hydrogens (tertiary/aromatic N) is 2. The SMILES string of the molecule is CC(=O)Nc1ccc(OC(=O)c2nn(C)c3ccccc3c2=O)cc1. The summed E-state index contributed by atoms with van der Waals surface area (Å²) < 4.78 is 6.68. The molecule has 3 rings (SSSR count). The van der Waals surface area contributed by atoms with Gasteiger partial charge < -0.3 is 10.1 Å². The second kappa shape index (κ2) is 6.56. The van der Waals surface area contributed by atoms with Crippen LogP contribution in [0.2, 0.25) is 0 Å². The van der Waals surface area contributed by atoms with E-state index in [1.54, 1.807) is 43.4 Å². The monoisotopic (exact) mass is 337 g/mol. The summed E-state index contributed by atoms with van der Waals surface area (Å²) in [5.74, 6) is -0.789. The summed E-state index contributed by atoms with van der Waals surface area (Å²) in [5, 5.41) is 7.03. The van der Waals surface area contributed by atoms with Crippen LogP contribution in [-0.2, 0) is 11.8 Å². The summed E-state index contributed by atoms with van der Waals surface area (Å²) in [7, 11) is 1.65. The molecule has 25 heavy (non-hydrogen) atoms. The van der Waals surface area contributed by atoms with Crippen LogP contribution in [0.3, 0.4) is 0 Å². The highest BCUT2D eigenvalue weighted by Crippen LogP contribution is 2.17. The van der Waals surface area contributed by atoms with Gasteiger partial charge in [-0.05, 0) is 36.4 Å². The first-order chi connectivity index (χ1) is 12.0. The molecule has 0 aliphatic heterocycles. The Morgan fingerprint density at radius 1 is 1.08 bits per heavy atom. The molecule has 0 aliphatic rings. The van der Waals surface area contributed by atoms with Gasteiger partial charge in [-0.2, -0.15) is 5.10 Å². The van der Waals surface area contributed by atoms with Crippen LogP contribution in [0.25, 0.3) is 10.9 Å². The van der Waals surface area contributed by atoms with E-state index in [1.165, 1.54) is 23.7 Å². The zero-order chi connectivity index (χ0) is 18.0. The van der Waals surface area contributed by atoms with E-state index in [9.17, 15) is 14.4 Å². The summed E-state index contributed by atoms with van der Waals surface area (Å²) in [6.07, 6.45) is 0. The Hall–Kier alpha value is -3.48. The third-order valence-electron chi connectivity index (χ3n) is 3.54. The number of rotatable bonds is 3. The van der Waals surface area contributed by atoms with Crippen molar-refractivity contribution < 1.29 is 14.3 Å². The number of anilines is 1. The molecule has 0 unspecified atom stereocenters. The van der Waals surface area contributed by atoms with Crippen LogP contribution in [0, 0.1) is 0 Å². The maximum Gasteiger partial charge on any atom is 0.368 e. The molecule has 126 valence electrons. The average Bonchev–Trinajstić information content (AvgIpc) is 2.59. The van der Waals surface area contributed by atoms with Crippen molar-refractivity contribution in [2.45, 2.75) is 6.92 Å². The predicted octanol–water partition coefficient (Wildman–Crippen LogP) is 2.11. The van der Waals surface area contributed by atoms with Crippen molar-refractivity contribution >= 4 is 28.5 Å². The van der Waals surface area contributed by atoms with E-state index in [0.29, 0.717) is 16.6 Å². The van der Waals surface area contributed by atoms with Gasteiger partial charge in [0.05, 0.1) is 5.52 Å². The summed E-state index contributed by atoms with van der Waals surface area (Å²) in [4.78, 5) is 35.8. The first-order valence-electron chi connectivity index (χ1n) is 7.51. The van der Waals surface area contributed by atoms with Crippen LogP contribution >= 0.6 is 0 Å². The minimum absolute atomic E-state index is 0.200. The second-order valence-corrected chi connectivity index (χ2v) is 5.41. The molecule has 2 aromatic carbocycles. The molecule has 0 saturated heterocycles. The zero-order valence-electron chi connectivity index (χ0n) is 13.6. The number of hydrogen-bond donors (Lipinski definition) is 1. The molecule has 0 aliphatic carbocycles. The largest absolute Gasteiger partial charge is 0.422 e. The maximum atomic E-state index is 12.5. The number of aromatic nitrogens is 2. The molecule has 1 N–H and O–H groups in total. The van der Waals surface area contributed by atoms with Gasteiger partial charge in [0, 0.05) is 25.0 Å². The summed E-state index contributed by atoms with van der Waals surface area (Å²) >= 11 is 0. The van der Waals surface area contributed by atoms with Crippen LogP contribution in [0.15, 0.2) is 53.3 Å². The number of ether oxygens (including phenoxy) is 1. The minimum atomic E-state index is -0.835. The highest BCUT2D eigenvalue weighted by atomic mass is 16.5. The van der Waals surface area contributed by atoms with Crippen molar-refractivity contribution in [3.8, 4) is 5.75 Å². The van der Waals surface area contributed by atoms with E-state index in [1.807, 2.05) is 0 Å². The molecule has 0 radical (unpaired) electrons. The zero-order valence-corrected chi connectivity index (χ0v) is 13.6. The predicted molar refractivity (Wildman–Crippen MR) is 92.7 cm³/mol. The smallest absolute Gasteiger partial charge is 0.368 e. The molecule has 7 nitrogen and oxygen atoms in total. The molecule has 7 heteroatoms. The molecular formula is C18H15N3O4. The number of amides is 1. The van der Waals surface area contributed by atoms with Gasteiger partial charge in [0.2, 0.25) is 17.0 Å². The van der Waals surface area contributed by atoms with Crippen molar-refractivity contribution in [2.75, 3.05) is 5.32 Å². The first-order valence-corrected chi connectivity index (χ1v) is 7.51. The topological polar surface area (TPSA) is 90.3 Å². The van der Waals surface area contributed by atoms with E-state index in [-0.39, 0.29) is 17.4 Å². The summed E-state index contributed by atoms with van der Waals surface area (Å²) in [6, 6.07) is 13.1. The van der Waals surface area contributed by atoms with Gasteiger partial charge in [0.25, 0.3) is 0 Å². The number of hydrogen-bond acceptors (Lipinski definition) is 5. The number of nitrogens with one attached hydrogen (secondary N) is 1. The fourth-order valence-electron chi connectivity index (χ4n) is 2.42. The molecule has 0 atom stereocenters. The molecule has 0 bridgehead atoms. The molecule has 0 fully saturated rings. The van der Waals surface area contributed by atoms with Crippen molar-refractivity contribution in [1.82, 2.24) is 9.78 Å². The van der Waals surface area contributed by atoms with Gasteiger partial charge in [-0.25, -0.2) is 4.79 Å². The number of aryl methyl sites for hydroxylation is 1. The van der Waals surface area contributed by atoms with E-state index in [4.69, 9.17) is 4.74 Å². The number of esters is 1. The van der Waals surface area contributed by atoms with Gasteiger partial charge in [-0.3, -0.25) is 14.3 Å². The number of fused-ring (bicyclic) bond motifs is 1. The first kappa shape index (κ1) is 16.4. The van der Waals surface area contributed by atoms with Gasteiger partial charge in [-0.15, -0.1) is 0 Å². The Balaban J connectivity index is 1.89. The average molecular weight is 337 g/mol. The van der Waals surface area contributed by atoms with E-state index < -0.39 is 11.4 Å². The van der Waals surface area contributed by atoms with Crippen LogP contribution < -0.4 is 15.5 Å². The lowest BCUT2D eigenvalue weighted by Crippen LogP contribution is -2.25. The molecule has 0 saturated carbocycles. The van der Waals surface area contributed by atoms with Gasteiger partial charge in [0.1, 0.15) is 5.75 Å². The maximum absolute atomic E-state index is 12.5. The number of carbonyl (C=O) groups excluding carboxylic acids is 2. The minimum Gasteiger partial charge on any atom is -0.422 e. The Morgan fingerprint density at radius 2 is 1.76 bits per heavy atom. The fraction of sp³-hybridized carbons (Fsp3) is 0.111. The van der Waals surface area contributed by atoms with Gasteiger partial charge >= 0.3 is 5.97 Å². The molecular weight excluding hydrogens is 322 g/mol. The lowest BCUT2D eigenvalue weighted by Gasteiger charge is -2.08. The van der Waals surface area contributed by atoms with Crippen LogP contribution in [0.5, 0.6) is 5.75 Å². The third kappa shape index (κ3) is 3.40. The van der Waals surface area contributed by atoms with Crippen LogP contribution in [0.1, 0.15) is 17.4 Å². The van der Waals surface area contributed by atoms with Crippen LogP contribution in [0.4, 0.5) is 5.69 Å². The highest BCUT2D eigenvalue weighted by Gasteiger charge is 2.18. The second-order valence-electron chi connectivity index (χ2n) is 5.41. The van der Waals surface area contributed by atoms with Gasteiger partial charge in [0.15, 0.2) is 0 Å². The summed E-state index contributed by atoms with van der Waals surface area (Å²) in [6.45, 7) is 1.40. The molecule has 1 amide bonds. The summed E-state index contributed by atoms with van der Waals surface area (Å²) in [5.41, 5.74) is 0.441. The lowest BCUT2D eigenvalue weighted by atomic mass is 10.2.